The van der Waals surface area contributed by atoms with Gasteiger partial charge in [0.25, 0.3) is 0 Å². The molecule has 0 saturated heterocycles. The van der Waals surface area contributed by atoms with Crippen LogP contribution in [-0.2, 0) is 0 Å². The number of benzene rings is 2. The average Bonchev–Trinajstić information content (AvgIpc) is 3.01. The van der Waals surface area contributed by atoms with Gasteiger partial charge >= 0.3 is 0 Å². The lowest BCUT2D eigenvalue weighted by atomic mass is 10.1. The van der Waals surface area contributed by atoms with Gasteiger partial charge in [0.05, 0.1) is 35.8 Å². The number of hydrogen-bond donors (Lipinski definition) is 1. The molecule has 0 saturated carbocycles. The minimum atomic E-state index is -0.378. The number of ether oxygens (including phenoxy) is 2. The summed E-state index contributed by atoms with van der Waals surface area (Å²) in [4.78, 5) is 7.26. The maximum Gasteiger partial charge on any atom is 0.179 e. The van der Waals surface area contributed by atoms with Gasteiger partial charge in [-0.3, -0.25) is 0 Å². The normalized spacial score (nSPS) is 11.4. The molecule has 126 valence electrons. The molecule has 5 nitrogen and oxygen atoms in total. The summed E-state index contributed by atoms with van der Waals surface area (Å²) in [6, 6.07) is 9.63. The summed E-state index contributed by atoms with van der Waals surface area (Å²) in [5, 5.41) is 9.83. The lowest BCUT2D eigenvalue weighted by Crippen LogP contribution is -1.92. The number of fused-ring (bicyclic) bond motifs is 1. The first-order valence-corrected chi connectivity index (χ1v) is 7.62. The third-order valence-electron chi connectivity index (χ3n) is 3.59. The van der Waals surface area contributed by atoms with E-state index in [1.165, 1.54) is 26.4 Å². The van der Waals surface area contributed by atoms with Crippen LogP contribution < -0.4 is 9.47 Å². The highest BCUT2D eigenvalue weighted by Gasteiger charge is 2.13. The summed E-state index contributed by atoms with van der Waals surface area (Å²) in [6.07, 6.45) is 1.61. The highest BCUT2D eigenvalue weighted by atomic mass is 35.5. The Morgan fingerprint density at radius 3 is 2.76 bits per heavy atom. The lowest BCUT2D eigenvalue weighted by molar-refractivity contribution is 0.355. The molecule has 0 aliphatic carbocycles. The molecule has 1 aromatic heterocycles. The van der Waals surface area contributed by atoms with Crippen molar-refractivity contribution in [1.82, 2.24) is 9.97 Å². The van der Waals surface area contributed by atoms with E-state index >= 15 is 0 Å². The molecule has 0 unspecified atom stereocenters. The number of halogens is 2. The highest BCUT2D eigenvalue weighted by Crippen LogP contribution is 2.37. The van der Waals surface area contributed by atoms with Crippen LogP contribution in [0.4, 0.5) is 4.39 Å². The van der Waals surface area contributed by atoms with Gasteiger partial charge < -0.3 is 14.5 Å². The van der Waals surface area contributed by atoms with Gasteiger partial charge in [0.1, 0.15) is 17.7 Å². The van der Waals surface area contributed by atoms with E-state index in [0.717, 1.165) is 0 Å². The second-order valence-corrected chi connectivity index (χ2v) is 5.56. The van der Waals surface area contributed by atoms with Crippen molar-refractivity contribution >= 4 is 34.3 Å². The van der Waals surface area contributed by atoms with Crippen LogP contribution in [-0.4, -0.2) is 24.2 Å². The van der Waals surface area contributed by atoms with Crippen LogP contribution in [0.25, 0.3) is 22.7 Å². The van der Waals surface area contributed by atoms with E-state index in [9.17, 15) is 9.65 Å². The average molecular weight is 358 g/mol. The third kappa shape index (κ3) is 3.28. The van der Waals surface area contributed by atoms with Gasteiger partial charge in [0.2, 0.25) is 0 Å². The Kier molecular flexibility index (Phi) is 4.59. The van der Waals surface area contributed by atoms with E-state index in [0.29, 0.717) is 38.9 Å². The van der Waals surface area contributed by atoms with Crippen molar-refractivity contribution in [1.29, 1.82) is 5.26 Å². The van der Waals surface area contributed by atoms with E-state index in [1.807, 2.05) is 0 Å². The lowest BCUT2D eigenvalue weighted by Gasteiger charge is -2.10. The maximum atomic E-state index is 13.3. The second kappa shape index (κ2) is 6.83. The number of nitriles is 1. The monoisotopic (exact) mass is 357 g/mol. The number of aromatic nitrogens is 2. The van der Waals surface area contributed by atoms with Crippen molar-refractivity contribution < 1.29 is 13.9 Å². The number of nitrogens with one attached hydrogen (secondary N) is 1. The SMILES string of the molecule is COc1cc(/C=C(/C#N)c2nc3ccc(F)cc3[nH]2)cc(Cl)c1OC. The van der Waals surface area contributed by atoms with Gasteiger partial charge in [0, 0.05) is 0 Å². The van der Waals surface area contributed by atoms with Gasteiger partial charge in [-0.25, -0.2) is 9.37 Å². The van der Waals surface area contributed by atoms with Gasteiger partial charge in [-0.2, -0.15) is 5.26 Å². The molecule has 7 heteroatoms. The molecule has 0 bridgehead atoms. The minimum absolute atomic E-state index is 0.278. The Bertz CT molecular complexity index is 1020. The zero-order valence-electron chi connectivity index (χ0n) is 13.4. The first-order chi connectivity index (χ1) is 12.0. The van der Waals surface area contributed by atoms with E-state index < -0.39 is 0 Å². The molecule has 0 aliphatic rings. The van der Waals surface area contributed by atoms with Crippen LogP contribution in [0.2, 0.25) is 5.02 Å². The van der Waals surface area contributed by atoms with Crippen molar-refractivity contribution in [3.63, 3.8) is 0 Å². The summed E-state index contributed by atoms with van der Waals surface area (Å²) in [7, 11) is 2.99. The minimum Gasteiger partial charge on any atom is -0.493 e. The molecule has 2 aromatic carbocycles. The van der Waals surface area contributed by atoms with Crippen molar-refractivity contribution in [2.45, 2.75) is 0 Å². The number of imidazole rings is 1. The number of rotatable bonds is 4. The quantitative estimate of drug-likeness (QED) is 0.701. The van der Waals surface area contributed by atoms with Crippen LogP contribution in [0, 0.1) is 17.1 Å². The summed E-state index contributed by atoms with van der Waals surface area (Å²) in [6.45, 7) is 0. The molecule has 0 amide bonds. The predicted molar refractivity (Wildman–Crippen MR) is 94.1 cm³/mol. The maximum absolute atomic E-state index is 13.3. The molecule has 0 radical (unpaired) electrons. The Morgan fingerprint density at radius 2 is 2.08 bits per heavy atom. The second-order valence-electron chi connectivity index (χ2n) is 5.15. The van der Waals surface area contributed by atoms with Gasteiger partial charge in [0.15, 0.2) is 11.5 Å². The summed E-state index contributed by atoms with van der Waals surface area (Å²) in [5.41, 5.74) is 2.01. The zero-order valence-corrected chi connectivity index (χ0v) is 14.2. The number of H-pyrrole nitrogens is 1. The van der Waals surface area contributed by atoms with Crippen LogP contribution >= 0.6 is 11.6 Å². The van der Waals surface area contributed by atoms with Crippen molar-refractivity contribution in [3.8, 4) is 17.6 Å². The predicted octanol–water partition coefficient (Wildman–Crippen LogP) is 4.44. The zero-order chi connectivity index (χ0) is 18.0. The van der Waals surface area contributed by atoms with E-state index in [4.69, 9.17) is 21.1 Å². The Morgan fingerprint density at radius 1 is 1.28 bits per heavy atom. The summed E-state index contributed by atoms with van der Waals surface area (Å²) < 4.78 is 23.8. The van der Waals surface area contributed by atoms with Crippen LogP contribution in [0.3, 0.4) is 0 Å². The highest BCUT2D eigenvalue weighted by molar-refractivity contribution is 6.32. The smallest absolute Gasteiger partial charge is 0.179 e. The number of nitrogens with zero attached hydrogens (tertiary/aromatic N) is 2. The molecule has 0 atom stereocenters. The molecule has 3 rings (SSSR count). The van der Waals surface area contributed by atoms with E-state index in [-0.39, 0.29) is 11.4 Å². The van der Waals surface area contributed by atoms with Gasteiger partial charge in [-0.1, -0.05) is 11.6 Å². The van der Waals surface area contributed by atoms with E-state index in [2.05, 4.69) is 16.0 Å². The van der Waals surface area contributed by atoms with Crippen LogP contribution in [0.1, 0.15) is 11.4 Å². The largest absolute Gasteiger partial charge is 0.493 e. The van der Waals surface area contributed by atoms with E-state index in [1.54, 1.807) is 24.3 Å². The molecule has 1 N–H and O–H groups in total. The third-order valence-corrected chi connectivity index (χ3v) is 3.87. The number of methoxy groups -OCH3 is 2. The molecule has 0 aliphatic heterocycles. The standard InChI is InChI=1S/C18H13ClFN3O2/c1-24-16-7-10(6-13(19)17(16)25-2)5-11(9-21)18-22-14-4-3-12(20)8-15(14)23-18/h3-8H,1-2H3,(H,22,23)/b11-5-. The number of allylic oxidation sites excluding steroid dienone is 1. The number of aromatic amines is 1. The van der Waals surface area contributed by atoms with Gasteiger partial charge in [-0.05, 0) is 42.0 Å². The molecule has 25 heavy (non-hydrogen) atoms. The molecular weight excluding hydrogens is 345 g/mol. The fourth-order valence-electron chi connectivity index (χ4n) is 2.45. The van der Waals surface area contributed by atoms with Crippen LogP contribution in [0.15, 0.2) is 30.3 Å². The number of hydrogen-bond acceptors (Lipinski definition) is 4. The topological polar surface area (TPSA) is 70.9 Å². The van der Waals surface area contributed by atoms with Gasteiger partial charge in [-0.15, -0.1) is 0 Å². The van der Waals surface area contributed by atoms with Crippen molar-refractivity contribution in [2.24, 2.45) is 0 Å². The van der Waals surface area contributed by atoms with Crippen LogP contribution in [0.5, 0.6) is 11.5 Å². The fraction of sp³-hybridized carbons (Fsp3) is 0.111. The summed E-state index contributed by atoms with van der Waals surface area (Å²) >= 11 is 6.19. The molecule has 0 spiro atoms. The molecular formula is C18H13ClFN3O2. The Balaban J connectivity index is 2.08. The van der Waals surface area contributed by atoms with Crippen molar-refractivity contribution in [2.75, 3.05) is 14.2 Å². The first kappa shape index (κ1) is 16.8. The molecule has 0 fully saturated rings. The first-order valence-electron chi connectivity index (χ1n) is 7.24. The molecule has 3 aromatic rings. The summed E-state index contributed by atoms with van der Waals surface area (Å²) in [5.74, 6) is 0.829. The van der Waals surface area contributed by atoms with Crippen molar-refractivity contribution in [3.05, 3.63) is 52.6 Å². The fourth-order valence-corrected chi connectivity index (χ4v) is 2.75. The Hall–Kier alpha value is -3.04. The Labute approximate surface area is 148 Å². The molecule has 1 heterocycles.